The molecule has 2 aromatic carbocycles. The van der Waals surface area contributed by atoms with Gasteiger partial charge in [0.1, 0.15) is 0 Å². The van der Waals surface area contributed by atoms with Crippen LogP contribution >= 0.6 is 0 Å². The molecule has 0 radical (unpaired) electrons. The Kier molecular flexibility index (Phi) is 4.35. The summed E-state index contributed by atoms with van der Waals surface area (Å²) in [5, 5.41) is 2.64. The van der Waals surface area contributed by atoms with Gasteiger partial charge in [0.2, 0.25) is 19.4 Å². The fourth-order valence-electron chi connectivity index (χ4n) is 2.80. The van der Waals surface area contributed by atoms with Crippen molar-refractivity contribution in [2.45, 2.75) is 19.4 Å². The number of carbonyl (C=O) groups is 2. The quantitative estimate of drug-likeness (QED) is 0.798. The monoisotopic (exact) mass is 355 g/mol. The molecular formula is C19H17NO6. The maximum atomic E-state index is 12.0. The van der Waals surface area contributed by atoms with Crippen molar-refractivity contribution >= 4 is 11.7 Å². The summed E-state index contributed by atoms with van der Waals surface area (Å²) in [4.78, 5) is 24.0. The number of aryl methyl sites for hydroxylation is 1. The van der Waals surface area contributed by atoms with Gasteiger partial charge >= 0.3 is 0 Å². The molecule has 0 saturated carbocycles. The molecule has 134 valence electrons. The Balaban J connectivity index is 1.27. The molecule has 1 N–H and O–H groups in total. The maximum Gasteiger partial charge on any atom is 0.287 e. The zero-order valence-corrected chi connectivity index (χ0v) is 13.9. The lowest BCUT2D eigenvalue weighted by molar-refractivity contribution is -0.138. The van der Waals surface area contributed by atoms with Gasteiger partial charge in [-0.25, -0.2) is 0 Å². The highest BCUT2D eigenvalue weighted by molar-refractivity contribution is 6.36. The minimum Gasteiger partial charge on any atom is -0.454 e. The van der Waals surface area contributed by atoms with Crippen molar-refractivity contribution in [2.24, 2.45) is 0 Å². The highest BCUT2D eigenvalue weighted by Gasteiger charge is 2.17. The average molecular weight is 355 g/mol. The summed E-state index contributed by atoms with van der Waals surface area (Å²) in [7, 11) is 0. The first-order valence-corrected chi connectivity index (χ1v) is 8.27. The van der Waals surface area contributed by atoms with Crippen molar-refractivity contribution in [3.05, 3.63) is 47.5 Å². The number of ketones is 1. The number of amides is 1. The van der Waals surface area contributed by atoms with Crippen LogP contribution in [0.15, 0.2) is 36.4 Å². The van der Waals surface area contributed by atoms with E-state index in [4.69, 9.17) is 18.9 Å². The van der Waals surface area contributed by atoms with Crippen LogP contribution in [-0.2, 0) is 22.6 Å². The summed E-state index contributed by atoms with van der Waals surface area (Å²) in [6.07, 6.45) is 0.597. The number of nitrogens with one attached hydrogen (secondary N) is 1. The zero-order valence-electron chi connectivity index (χ0n) is 13.9. The summed E-state index contributed by atoms with van der Waals surface area (Å²) in [6.45, 7) is 0.661. The molecular weight excluding hydrogens is 338 g/mol. The van der Waals surface area contributed by atoms with Gasteiger partial charge < -0.3 is 24.3 Å². The summed E-state index contributed by atoms with van der Waals surface area (Å²) >= 11 is 0. The van der Waals surface area contributed by atoms with Crippen LogP contribution in [0.3, 0.4) is 0 Å². The second-order valence-electron chi connectivity index (χ2n) is 5.98. The molecule has 1 amide bonds. The topological polar surface area (TPSA) is 83.1 Å². The summed E-state index contributed by atoms with van der Waals surface area (Å²) < 4.78 is 21.1. The van der Waals surface area contributed by atoms with Gasteiger partial charge in [-0.1, -0.05) is 12.1 Å². The van der Waals surface area contributed by atoms with Crippen LogP contribution in [0.2, 0.25) is 0 Å². The van der Waals surface area contributed by atoms with Crippen molar-refractivity contribution < 1.29 is 28.5 Å². The van der Waals surface area contributed by atoms with Gasteiger partial charge in [0.25, 0.3) is 5.91 Å². The first kappa shape index (κ1) is 16.3. The fraction of sp³-hybridized carbons (Fsp3) is 0.263. The second kappa shape index (κ2) is 6.95. The van der Waals surface area contributed by atoms with Gasteiger partial charge in [-0.15, -0.1) is 0 Å². The number of hydrogen-bond acceptors (Lipinski definition) is 6. The molecule has 0 unspecified atom stereocenters. The first-order valence-electron chi connectivity index (χ1n) is 8.27. The Hall–Kier alpha value is -3.22. The molecule has 0 bridgehead atoms. The molecule has 7 heteroatoms. The Morgan fingerprint density at radius 2 is 1.38 bits per heavy atom. The van der Waals surface area contributed by atoms with Crippen LogP contribution < -0.4 is 24.3 Å². The van der Waals surface area contributed by atoms with Crippen LogP contribution in [0.1, 0.15) is 17.5 Å². The molecule has 0 aromatic heterocycles. The predicted molar refractivity (Wildman–Crippen MR) is 90.3 cm³/mol. The van der Waals surface area contributed by atoms with Gasteiger partial charge in [0.15, 0.2) is 23.0 Å². The van der Waals surface area contributed by atoms with E-state index in [9.17, 15) is 9.59 Å². The molecule has 2 aromatic rings. The predicted octanol–water partition coefficient (Wildman–Crippen LogP) is 1.96. The van der Waals surface area contributed by atoms with Crippen molar-refractivity contribution in [1.29, 1.82) is 0 Å². The molecule has 0 atom stereocenters. The average Bonchev–Trinajstić information content (AvgIpc) is 3.31. The highest BCUT2D eigenvalue weighted by atomic mass is 16.7. The first-order chi connectivity index (χ1) is 12.7. The summed E-state index contributed by atoms with van der Waals surface area (Å²) in [5.74, 6) is 1.64. The minimum atomic E-state index is -0.594. The molecule has 0 spiro atoms. The summed E-state index contributed by atoms with van der Waals surface area (Å²) in [6, 6.07) is 10.9. The Bertz CT molecular complexity index is 792. The van der Waals surface area contributed by atoms with E-state index in [1.54, 1.807) is 12.1 Å². The van der Waals surface area contributed by atoms with Gasteiger partial charge in [-0.2, -0.15) is 0 Å². The van der Waals surface area contributed by atoms with E-state index in [0.29, 0.717) is 29.4 Å². The van der Waals surface area contributed by atoms with Crippen molar-refractivity contribution in [2.75, 3.05) is 13.6 Å². The molecule has 2 heterocycles. The van der Waals surface area contributed by atoms with E-state index in [1.165, 1.54) is 0 Å². The number of ether oxygens (including phenoxy) is 4. The number of Topliss-reactive ketones (excluding diaryl/α,β-unsaturated/α-hetero) is 1. The van der Waals surface area contributed by atoms with Gasteiger partial charge in [-0.3, -0.25) is 9.59 Å². The number of hydrogen-bond donors (Lipinski definition) is 1. The molecule has 0 fully saturated rings. The lowest BCUT2D eigenvalue weighted by Crippen LogP contribution is -2.30. The zero-order chi connectivity index (χ0) is 17.9. The molecule has 4 rings (SSSR count). The molecule has 0 saturated heterocycles. The molecule has 7 nitrogen and oxygen atoms in total. The number of fused-ring (bicyclic) bond motifs is 2. The lowest BCUT2D eigenvalue weighted by Gasteiger charge is -2.06. The number of carbonyl (C=O) groups excluding carboxylic acids is 2. The third-order valence-electron chi connectivity index (χ3n) is 4.22. The van der Waals surface area contributed by atoms with E-state index in [1.807, 2.05) is 24.3 Å². The smallest absolute Gasteiger partial charge is 0.287 e. The van der Waals surface area contributed by atoms with Gasteiger partial charge in [0, 0.05) is 13.0 Å². The van der Waals surface area contributed by atoms with E-state index < -0.39 is 11.7 Å². The fourth-order valence-corrected chi connectivity index (χ4v) is 2.80. The SMILES string of the molecule is O=C(CCc1ccc2c(c1)OCO2)C(=O)NCc1ccc2c(c1)OCO2. The highest BCUT2D eigenvalue weighted by Crippen LogP contribution is 2.33. The van der Waals surface area contributed by atoms with Crippen LogP contribution in [0.25, 0.3) is 0 Å². The third kappa shape index (κ3) is 3.42. The van der Waals surface area contributed by atoms with E-state index >= 15 is 0 Å². The van der Waals surface area contributed by atoms with Crippen molar-refractivity contribution in [1.82, 2.24) is 5.32 Å². The van der Waals surface area contributed by atoms with Crippen LogP contribution in [0.5, 0.6) is 23.0 Å². The van der Waals surface area contributed by atoms with Gasteiger partial charge in [0.05, 0.1) is 0 Å². The Labute approximate surface area is 149 Å². The Morgan fingerprint density at radius 3 is 2.08 bits per heavy atom. The standard InChI is InChI=1S/C19H17NO6/c21-14(4-1-12-2-5-15-17(7-12)25-10-23-15)19(22)20-9-13-3-6-16-18(8-13)26-11-24-16/h2-3,5-8H,1,4,9-11H2,(H,20,22). The number of rotatable bonds is 6. The Morgan fingerprint density at radius 1 is 0.808 bits per heavy atom. The van der Waals surface area contributed by atoms with Crippen LogP contribution in [0.4, 0.5) is 0 Å². The van der Waals surface area contributed by atoms with Crippen LogP contribution in [-0.4, -0.2) is 25.3 Å². The van der Waals surface area contributed by atoms with Crippen molar-refractivity contribution in [3.63, 3.8) is 0 Å². The summed E-state index contributed by atoms with van der Waals surface area (Å²) in [5.41, 5.74) is 1.76. The molecule has 2 aliphatic heterocycles. The number of benzene rings is 2. The molecule has 26 heavy (non-hydrogen) atoms. The van der Waals surface area contributed by atoms with E-state index in [2.05, 4.69) is 5.32 Å². The van der Waals surface area contributed by atoms with Gasteiger partial charge in [-0.05, 0) is 41.8 Å². The van der Waals surface area contributed by atoms with E-state index in [0.717, 1.165) is 11.1 Å². The second-order valence-corrected chi connectivity index (χ2v) is 5.98. The van der Waals surface area contributed by atoms with Crippen molar-refractivity contribution in [3.8, 4) is 23.0 Å². The molecule has 0 aliphatic carbocycles. The minimum absolute atomic E-state index is 0.132. The third-order valence-corrected chi connectivity index (χ3v) is 4.22. The molecule has 2 aliphatic rings. The van der Waals surface area contributed by atoms with E-state index in [-0.39, 0.29) is 26.6 Å². The normalized spacial score (nSPS) is 13.5. The maximum absolute atomic E-state index is 12.0. The van der Waals surface area contributed by atoms with Crippen LogP contribution in [0, 0.1) is 0 Å². The lowest BCUT2D eigenvalue weighted by atomic mass is 10.1. The largest absolute Gasteiger partial charge is 0.454 e.